The lowest BCUT2D eigenvalue weighted by Crippen LogP contribution is -2.33. The molecule has 3 aromatic rings. The lowest BCUT2D eigenvalue weighted by molar-refractivity contribution is -0.123. The standard InChI is InChI=1S/C29H30N2O4S/c1-4-33-26-16-13-22(18-27(26)34-5-2)19-35-24-14-11-21(12-15-24)17-25-28(32)31(29(36)30-25)20(3)23-9-7-6-8-10-23/h6-18,20H,4-5,19H2,1-3H3,(H,30,36)/b25-17-. The van der Waals surface area contributed by atoms with E-state index in [1.165, 1.54) is 0 Å². The number of carbonyl (C=O) groups is 1. The van der Waals surface area contributed by atoms with Crippen molar-refractivity contribution in [1.82, 2.24) is 10.2 Å². The van der Waals surface area contributed by atoms with Crippen LogP contribution in [0, 0.1) is 0 Å². The fraction of sp³-hybridized carbons (Fsp3) is 0.241. The molecule has 0 spiro atoms. The van der Waals surface area contributed by atoms with Crippen molar-refractivity contribution in [1.29, 1.82) is 0 Å². The molecule has 1 aliphatic rings. The van der Waals surface area contributed by atoms with Crippen LogP contribution in [0.4, 0.5) is 0 Å². The van der Waals surface area contributed by atoms with Gasteiger partial charge >= 0.3 is 0 Å². The lowest BCUT2D eigenvalue weighted by atomic mass is 10.1. The molecular formula is C29H30N2O4S. The summed E-state index contributed by atoms with van der Waals surface area (Å²) in [7, 11) is 0. The van der Waals surface area contributed by atoms with E-state index in [1.807, 2.05) is 93.6 Å². The van der Waals surface area contributed by atoms with Gasteiger partial charge in [0.25, 0.3) is 5.91 Å². The Morgan fingerprint density at radius 3 is 2.31 bits per heavy atom. The van der Waals surface area contributed by atoms with Gasteiger partial charge in [0, 0.05) is 0 Å². The highest BCUT2D eigenvalue weighted by Crippen LogP contribution is 2.29. The van der Waals surface area contributed by atoms with E-state index >= 15 is 0 Å². The zero-order valence-electron chi connectivity index (χ0n) is 20.7. The normalized spacial score (nSPS) is 15.1. The number of ether oxygens (including phenoxy) is 3. The second-order valence-electron chi connectivity index (χ2n) is 8.25. The van der Waals surface area contributed by atoms with Crippen molar-refractivity contribution in [3.05, 3.63) is 95.2 Å². The monoisotopic (exact) mass is 502 g/mol. The van der Waals surface area contributed by atoms with Gasteiger partial charge in [-0.25, -0.2) is 0 Å². The summed E-state index contributed by atoms with van der Waals surface area (Å²) in [5, 5.41) is 3.47. The maximum absolute atomic E-state index is 13.1. The second-order valence-corrected chi connectivity index (χ2v) is 8.64. The number of rotatable bonds is 10. The second kappa shape index (κ2) is 11.7. The van der Waals surface area contributed by atoms with E-state index in [2.05, 4.69) is 5.32 Å². The van der Waals surface area contributed by atoms with Crippen molar-refractivity contribution in [3.63, 3.8) is 0 Å². The molecule has 0 aliphatic carbocycles. The lowest BCUT2D eigenvalue weighted by Gasteiger charge is -2.23. The molecule has 0 saturated carbocycles. The summed E-state index contributed by atoms with van der Waals surface area (Å²) in [6.07, 6.45) is 1.80. The van der Waals surface area contributed by atoms with Gasteiger partial charge in [-0.15, -0.1) is 0 Å². The Hall–Kier alpha value is -3.84. The summed E-state index contributed by atoms with van der Waals surface area (Å²) in [6, 6.07) is 23.1. The van der Waals surface area contributed by atoms with Crippen LogP contribution in [0.2, 0.25) is 0 Å². The van der Waals surface area contributed by atoms with Crippen molar-refractivity contribution in [2.24, 2.45) is 0 Å². The van der Waals surface area contributed by atoms with Crippen molar-refractivity contribution >= 4 is 29.3 Å². The molecule has 1 heterocycles. The first-order valence-corrected chi connectivity index (χ1v) is 12.4. The topological polar surface area (TPSA) is 60.0 Å². The fourth-order valence-electron chi connectivity index (χ4n) is 3.96. The minimum atomic E-state index is -0.161. The Morgan fingerprint density at radius 1 is 0.917 bits per heavy atom. The predicted molar refractivity (Wildman–Crippen MR) is 145 cm³/mol. The molecule has 1 amide bonds. The van der Waals surface area contributed by atoms with Crippen molar-refractivity contribution < 1.29 is 19.0 Å². The number of amides is 1. The molecule has 0 radical (unpaired) electrons. The van der Waals surface area contributed by atoms with Crippen LogP contribution < -0.4 is 19.5 Å². The van der Waals surface area contributed by atoms with Gasteiger partial charge in [0.05, 0.1) is 19.3 Å². The molecule has 1 aliphatic heterocycles. The van der Waals surface area contributed by atoms with Gasteiger partial charge in [0.15, 0.2) is 16.6 Å². The summed E-state index contributed by atoms with van der Waals surface area (Å²) in [5.74, 6) is 2.03. The van der Waals surface area contributed by atoms with E-state index < -0.39 is 0 Å². The van der Waals surface area contributed by atoms with Crippen LogP contribution in [0.25, 0.3) is 6.08 Å². The van der Waals surface area contributed by atoms with Gasteiger partial charge in [0.1, 0.15) is 18.1 Å². The zero-order chi connectivity index (χ0) is 25.5. The summed E-state index contributed by atoms with van der Waals surface area (Å²) >= 11 is 5.45. The summed E-state index contributed by atoms with van der Waals surface area (Å²) in [5.41, 5.74) is 3.33. The molecule has 1 fully saturated rings. The van der Waals surface area contributed by atoms with Gasteiger partial charge < -0.3 is 19.5 Å². The number of nitrogens with zero attached hydrogens (tertiary/aromatic N) is 1. The Bertz CT molecular complexity index is 1240. The molecule has 1 N–H and O–H groups in total. The maximum atomic E-state index is 13.1. The molecule has 36 heavy (non-hydrogen) atoms. The minimum absolute atomic E-state index is 0.141. The molecule has 1 atom stereocenters. The fourth-order valence-corrected chi connectivity index (χ4v) is 4.31. The van der Waals surface area contributed by atoms with E-state index in [-0.39, 0.29) is 11.9 Å². The zero-order valence-corrected chi connectivity index (χ0v) is 21.5. The average molecular weight is 503 g/mol. The van der Waals surface area contributed by atoms with Crippen LogP contribution in [-0.4, -0.2) is 29.1 Å². The summed E-state index contributed by atoms with van der Waals surface area (Å²) < 4.78 is 17.3. The first kappa shape index (κ1) is 25.3. The third kappa shape index (κ3) is 5.86. The maximum Gasteiger partial charge on any atom is 0.277 e. The number of hydrogen-bond acceptors (Lipinski definition) is 5. The van der Waals surface area contributed by atoms with Crippen molar-refractivity contribution in [2.75, 3.05) is 13.2 Å². The molecular weight excluding hydrogens is 472 g/mol. The highest BCUT2D eigenvalue weighted by Gasteiger charge is 2.34. The van der Waals surface area contributed by atoms with Gasteiger partial charge in [-0.2, -0.15) is 0 Å². The highest BCUT2D eigenvalue weighted by atomic mass is 32.1. The highest BCUT2D eigenvalue weighted by molar-refractivity contribution is 7.80. The van der Waals surface area contributed by atoms with E-state index in [4.69, 9.17) is 26.4 Å². The molecule has 7 heteroatoms. The number of hydrogen-bond donors (Lipinski definition) is 1. The van der Waals surface area contributed by atoms with E-state index in [1.54, 1.807) is 11.0 Å². The summed E-state index contributed by atoms with van der Waals surface area (Å²) in [6.45, 7) is 7.40. The predicted octanol–water partition coefficient (Wildman–Crippen LogP) is 5.88. The first-order valence-electron chi connectivity index (χ1n) is 12.0. The van der Waals surface area contributed by atoms with Crippen LogP contribution in [0.5, 0.6) is 17.2 Å². The number of nitrogens with one attached hydrogen (secondary N) is 1. The summed E-state index contributed by atoms with van der Waals surface area (Å²) in [4.78, 5) is 14.7. The largest absolute Gasteiger partial charge is 0.490 e. The van der Waals surface area contributed by atoms with E-state index in [0.29, 0.717) is 36.4 Å². The molecule has 0 bridgehead atoms. The van der Waals surface area contributed by atoms with Gasteiger partial charge in [-0.05, 0) is 80.0 Å². The Morgan fingerprint density at radius 2 is 1.61 bits per heavy atom. The number of thiocarbonyl (C=S) groups is 1. The van der Waals surface area contributed by atoms with Crippen molar-refractivity contribution in [3.8, 4) is 17.2 Å². The Labute approximate surface area is 217 Å². The molecule has 0 aromatic heterocycles. The van der Waals surface area contributed by atoms with E-state index in [9.17, 15) is 4.79 Å². The third-order valence-electron chi connectivity index (χ3n) is 5.78. The van der Waals surface area contributed by atoms with Gasteiger partial charge in [-0.3, -0.25) is 9.69 Å². The molecule has 4 rings (SSSR count). The molecule has 3 aromatic carbocycles. The smallest absolute Gasteiger partial charge is 0.277 e. The quantitative estimate of drug-likeness (QED) is 0.276. The molecule has 1 unspecified atom stereocenters. The minimum Gasteiger partial charge on any atom is -0.490 e. The van der Waals surface area contributed by atoms with Gasteiger partial charge in [0.2, 0.25) is 0 Å². The third-order valence-corrected chi connectivity index (χ3v) is 6.08. The molecule has 1 saturated heterocycles. The average Bonchev–Trinajstić information content (AvgIpc) is 3.17. The Balaban J connectivity index is 1.40. The van der Waals surface area contributed by atoms with Crippen LogP contribution in [0.3, 0.4) is 0 Å². The van der Waals surface area contributed by atoms with Gasteiger partial charge in [-0.1, -0.05) is 48.5 Å². The molecule has 186 valence electrons. The van der Waals surface area contributed by atoms with Crippen LogP contribution in [0.15, 0.2) is 78.5 Å². The van der Waals surface area contributed by atoms with E-state index in [0.717, 1.165) is 28.2 Å². The van der Waals surface area contributed by atoms with Crippen LogP contribution in [-0.2, 0) is 11.4 Å². The molecule has 6 nitrogen and oxygen atoms in total. The number of carbonyl (C=O) groups excluding carboxylic acids is 1. The first-order chi connectivity index (χ1) is 17.5. The Kier molecular flexibility index (Phi) is 8.23. The van der Waals surface area contributed by atoms with Crippen molar-refractivity contribution in [2.45, 2.75) is 33.4 Å². The van der Waals surface area contributed by atoms with Crippen LogP contribution in [0.1, 0.15) is 43.5 Å². The SMILES string of the molecule is CCOc1ccc(COc2ccc(/C=C3\NC(=S)N(C(C)c4ccccc4)C3=O)cc2)cc1OCC. The number of benzene rings is 3. The van der Waals surface area contributed by atoms with Crippen LogP contribution >= 0.6 is 12.2 Å².